The minimum atomic E-state index is -0.373. The van der Waals surface area contributed by atoms with E-state index in [2.05, 4.69) is 0 Å². The van der Waals surface area contributed by atoms with Crippen LogP contribution < -0.4 is 0 Å². The number of methoxy groups -OCH3 is 1. The minimum absolute atomic E-state index is 0.0235. The molecule has 2 rings (SSSR count). The van der Waals surface area contributed by atoms with Gasteiger partial charge in [-0.2, -0.15) is 0 Å². The number of fused-ring (bicyclic) bond motifs is 1. The van der Waals surface area contributed by atoms with Crippen molar-refractivity contribution in [3.63, 3.8) is 0 Å². The van der Waals surface area contributed by atoms with Crippen molar-refractivity contribution in [1.82, 2.24) is 0 Å². The number of hydrogen-bond donors (Lipinski definition) is 0. The quantitative estimate of drug-likeness (QED) is 0.477. The first kappa shape index (κ1) is 10.2. The van der Waals surface area contributed by atoms with Crippen molar-refractivity contribution in [3.8, 4) is 0 Å². The average molecular weight is 210 g/mol. The maximum absolute atomic E-state index is 11.6. The van der Waals surface area contributed by atoms with Crippen molar-refractivity contribution < 1.29 is 19.1 Å². The number of carbonyl (C=O) groups excluding carboxylic acids is 2. The lowest BCUT2D eigenvalue weighted by Gasteiger charge is -2.25. The Morgan fingerprint density at radius 2 is 2.33 bits per heavy atom. The van der Waals surface area contributed by atoms with Crippen LogP contribution in [0.4, 0.5) is 0 Å². The Labute approximate surface area is 88.2 Å². The van der Waals surface area contributed by atoms with Crippen LogP contribution in [0.3, 0.4) is 0 Å². The van der Waals surface area contributed by atoms with Gasteiger partial charge in [-0.25, -0.2) is 0 Å². The molecule has 1 fully saturated rings. The molecule has 4 heteroatoms. The molecule has 1 aliphatic heterocycles. The van der Waals surface area contributed by atoms with Gasteiger partial charge in [-0.3, -0.25) is 9.59 Å². The van der Waals surface area contributed by atoms with Gasteiger partial charge in [-0.05, 0) is 13.3 Å². The van der Waals surface area contributed by atoms with Crippen LogP contribution in [0.25, 0.3) is 0 Å². The summed E-state index contributed by atoms with van der Waals surface area (Å²) in [6, 6.07) is 0. The second-order valence-electron chi connectivity index (χ2n) is 4.04. The van der Waals surface area contributed by atoms with Crippen molar-refractivity contribution in [2.45, 2.75) is 19.4 Å². The van der Waals surface area contributed by atoms with Crippen LogP contribution in [-0.4, -0.2) is 25.2 Å². The summed E-state index contributed by atoms with van der Waals surface area (Å²) in [5, 5.41) is 0. The Bertz CT molecular complexity index is 321. The molecule has 0 unspecified atom stereocenters. The molecule has 1 aliphatic carbocycles. The van der Waals surface area contributed by atoms with E-state index in [9.17, 15) is 9.59 Å². The predicted molar refractivity (Wildman–Crippen MR) is 51.8 cm³/mol. The Kier molecular flexibility index (Phi) is 2.50. The van der Waals surface area contributed by atoms with E-state index in [1.807, 2.05) is 19.1 Å². The predicted octanol–water partition coefficient (Wildman–Crippen LogP) is 0.913. The molecule has 4 atom stereocenters. The third-order valence-corrected chi connectivity index (χ3v) is 3.22. The molecule has 0 aromatic carbocycles. The molecule has 1 heterocycles. The van der Waals surface area contributed by atoms with Gasteiger partial charge in [0.05, 0.1) is 18.9 Å². The first-order chi connectivity index (χ1) is 7.15. The molecule has 0 amide bonds. The molecule has 0 aromatic heterocycles. The summed E-state index contributed by atoms with van der Waals surface area (Å²) in [5.41, 5.74) is 0. The summed E-state index contributed by atoms with van der Waals surface area (Å²) < 4.78 is 9.84. The highest BCUT2D eigenvalue weighted by atomic mass is 16.6. The fourth-order valence-electron chi connectivity index (χ4n) is 2.42. The molecule has 0 N–H and O–H groups in total. The second-order valence-corrected chi connectivity index (χ2v) is 4.04. The summed E-state index contributed by atoms with van der Waals surface area (Å²) in [7, 11) is 1.35. The molecule has 82 valence electrons. The summed E-state index contributed by atoms with van der Waals surface area (Å²) in [5.74, 6) is -1.29. The monoisotopic (exact) mass is 210 g/mol. The number of carbonyl (C=O) groups is 2. The zero-order valence-electron chi connectivity index (χ0n) is 8.80. The number of hydrogen-bond acceptors (Lipinski definition) is 4. The Morgan fingerprint density at radius 1 is 1.60 bits per heavy atom. The van der Waals surface area contributed by atoms with Crippen LogP contribution in [-0.2, 0) is 19.1 Å². The zero-order valence-corrected chi connectivity index (χ0v) is 8.80. The lowest BCUT2D eigenvalue weighted by atomic mass is 9.75. The van der Waals surface area contributed by atoms with Crippen molar-refractivity contribution in [1.29, 1.82) is 0 Å². The standard InChI is InChI=1S/C11H14O4/c1-6-7-4-3-5-8(10(12)14-2)9(7)11(13)15-6/h3-4,6-9H,5H2,1-2H3/t6-,7-,8+,9-/m1/s1. The van der Waals surface area contributed by atoms with E-state index < -0.39 is 0 Å². The molecule has 0 radical (unpaired) electrons. The van der Waals surface area contributed by atoms with E-state index in [-0.39, 0.29) is 35.8 Å². The lowest BCUT2D eigenvalue weighted by Crippen LogP contribution is -2.34. The molecule has 0 bridgehead atoms. The summed E-state index contributed by atoms with van der Waals surface area (Å²) >= 11 is 0. The summed E-state index contributed by atoms with van der Waals surface area (Å²) in [4.78, 5) is 23.1. The molecule has 0 saturated carbocycles. The van der Waals surface area contributed by atoms with Crippen molar-refractivity contribution >= 4 is 11.9 Å². The zero-order chi connectivity index (χ0) is 11.0. The van der Waals surface area contributed by atoms with Crippen LogP contribution in [0.15, 0.2) is 12.2 Å². The highest BCUT2D eigenvalue weighted by Gasteiger charge is 2.49. The van der Waals surface area contributed by atoms with Gasteiger partial charge in [-0.1, -0.05) is 12.2 Å². The normalized spacial score (nSPS) is 38.4. The highest BCUT2D eigenvalue weighted by molar-refractivity contribution is 5.84. The molecule has 2 aliphatic rings. The Balaban J connectivity index is 2.26. The molecular weight excluding hydrogens is 196 g/mol. The lowest BCUT2D eigenvalue weighted by molar-refractivity contribution is -0.154. The topological polar surface area (TPSA) is 52.6 Å². The largest absolute Gasteiger partial charge is 0.469 e. The van der Waals surface area contributed by atoms with Crippen LogP contribution in [0.5, 0.6) is 0 Å². The van der Waals surface area contributed by atoms with Gasteiger partial charge in [0, 0.05) is 5.92 Å². The maximum atomic E-state index is 11.6. The third kappa shape index (κ3) is 1.54. The van der Waals surface area contributed by atoms with Crippen LogP contribution in [0.2, 0.25) is 0 Å². The number of esters is 2. The fourth-order valence-corrected chi connectivity index (χ4v) is 2.42. The van der Waals surface area contributed by atoms with E-state index >= 15 is 0 Å². The smallest absolute Gasteiger partial charge is 0.310 e. The molecule has 1 saturated heterocycles. The number of cyclic esters (lactones) is 1. The van der Waals surface area contributed by atoms with Gasteiger partial charge in [-0.15, -0.1) is 0 Å². The van der Waals surface area contributed by atoms with E-state index in [0.717, 1.165) is 0 Å². The molecule has 0 aromatic rings. The van der Waals surface area contributed by atoms with Crippen LogP contribution in [0, 0.1) is 17.8 Å². The van der Waals surface area contributed by atoms with Gasteiger partial charge in [0.25, 0.3) is 0 Å². The van der Waals surface area contributed by atoms with E-state index in [4.69, 9.17) is 9.47 Å². The minimum Gasteiger partial charge on any atom is -0.469 e. The van der Waals surface area contributed by atoms with Crippen molar-refractivity contribution in [2.75, 3.05) is 7.11 Å². The second kappa shape index (κ2) is 3.68. The van der Waals surface area contributed by atoms with Crippen molar-refractivity contribution in [3.05, 3.63) is 12.2 Å². The van der Waals surface area contributed by atoms with Gasteiger partial charge in [0.1, 0.15) is 6.10 Å². The number of rotatable bonds is 1. The summed E-state index contributed by atoms with van der Waals surface area (Å²) in [6.45, 7) is 1.85. The molecule has 15 heavy (non-hydrogen) atoms. The number of allylic oxidation sites excluding steroid dienone is 1. The SMILES string of the molecule is COC(=O)[C@H]1CC=C[C@H]2[C@H]1C(=O)O[C@@H]2C. The highest BCUT2D eigenvalue weighted by Crippen LogP contribution is 2.40. The van der Waals surface area contributed by atoms with Gasteiger partial charge in [0.15, 0.2) is 0 Å². The maximum Gasteiger partial charge on any atom is 0.310 e. The first-order valence-corrected chi connectivity index (χ1v) is 5.10. The van der Waals surface area contributed by atoms with E-state index in [0.29, 0.717) is 6.42 Å². The van der Waals surface area contributed by atoms with Gasteiger partial charge in [0.2, 0.25) is 0 Å². The average Bonchev–Trinajstić information content (AvgIpc) is 2.54. The van der Waals surface area contributed by atoms with Gasteiger partial charge >= 0.3 is 11.9 Å². The molecule has 4 nitrogen and oxygen atoms in total. The Hall–Kier alpha value is -1.32. The molecule has 0 spiro atoms. The van der Waals surface area contributed by atoms with E-state index in [1.165, 1.54) is 7.11 Å². The van der Waals surface area contributed by atoms with Crippen LogP contribution >= 0.6 is 0 Å². The summed E-state index contributed by atoms with van der Waals surface area (Å²) in [6.07, 6.45) is 4.34. The van der Waals surface area contributed by atoms with Gasteiger partial charge < -0.3 is 9.47 Å². The third-order valence-electron chi connectivity index (χ3n) is 3.22. The van der Waals surface area contributed by atoms with Crippen LogP contribution in [0.1, 0.15) is 13.3 Å². The van der Waals surface area contributed by atoms with E-state index in [1.54, 1.807) is 0 Å². The van der Waals surface area contributed by atoms with Crippen molar-refractivity contribution in [2.24, 2.45) is 17.8 Å². The number of ether oxygens (including phenoxy) is 2. The Morgan fingerprint density at radius 3 is 3.00 bits per heavy atom. The molecular formula is C11H14O4. The fraction of sp³-hybridized carbons (Fsp3) is 0.636. The first-order valence-electron chi connectivity index (χ1n) is 5.10.